The fourth-order valence-corrected chi connectivity index (χ4v) is 2.30. The van der Waals surface area contributed by atoms with Gasteiger partial charge in [-0.1, -0.05) is 26.2 Å². The van der Waals surface area contributed by atoms with Crippen LogP contribution in [0.4, 0.5) is 0 Å². The molecule has 3 nitrogen and oxygen atoms in total. The summed E-state index contributed by atoms with van der Waals surface area (Å²) < 4.78 is 0. The Labute approximate surface area is 78.8 Å². The molecule has 1 fully saturated rings. The fourth-order valence-electron chi connectivity index (χ4n) is 2.30. The lowest BCUT2D eigenvalue weighted by Gasteiger charge is -2.36. The van der Waals surface area contributed by atoms with E-state index in [4.69, 9.17) is 5.11 Å². The van der Waals surface area contributed by atoms with Gasteiger partial charge >= 0.3 is 5.97 Å². The molecule has 1 aliphatic carbocycles. The number of rotatable bonds is 3. The van der Waals surface area contributed by atoms with Crippen LogP contribution in [-0.4, -0.2) is 21.8 Å². The van der Waals surface area contributed by atoms with Gasteiger partial charge in [0.25, 0.3) is 0 Å². The zero-order chi connectivity index (χ0) is 9.90. The van der Waals surface area contributed by atoms with E-state index < -0.39 is 17.5 Å². The zero-order valence-electron chi connectivity index (χ0n) is 8.12. The number of hydrogen-bond donors (Lipinski definition) is 2. The average Bonchev–Trinajstić information content (AvgIpc) is 2.05. The van der Waals surface area contributed by atoms with E-state index in [9.17, 15) is 9.90 Å². The summed E-state index contributed by atoms with van der Waals surface area (Å²) in [5.41, 5.74) is -0.932. The largest absolute Gasteiger partial charge is 0.481 e. The second-order valence-electron chi connectivity index (χ2n) is 3.96. The normalized spacial score (nSPS) is 23.8. The maximum atomic E-state index is 10.9. The maximum absolute atomic E-state index is 10.9. The Kier molecular flexibility index (Phi) is 3.31. The van der Waals surface area contributed by atoms with E-state index in [2.05, 4.69) is 0 Å². The lowest BCUT2D eigenvalue weighted by molar-refractivity contribution is -0.155. The van der Waals surface area contributed by atoms with Crippen molar-refractivity contribution in [3.63, 3.8) is 0 Å². The van der Waals surface area contributed by atoms with Crippen LogP contribution in [0.2, 0.25) is 0 Å². The number of aliphatic hydroxyl groups is 1. The topological polar surface area (TPSA) is 57.5 Å². The van der Waals surface area contributed by atoms with Crippen LogP contribution in [-0.2, 0) is 4.79 Å². The van der Waals surface area contributed by atoms with E-state index in [0.717, 1.165) is 19.3 Å². The predicted molar refractivity (Wildman–Crippen MR) is 49.5 cm³/mol. The highest BCUT2D eigenvalue weighted by molar-refractivity contribution is 5.71. The Balaban J connectivity index is 2.68. The molecule has 0 radical (unpaired) electrons. The third kappa shape index (κ3) is 2.21. The van der Waals surface area contributed by atoms with Gasteiger partial charge < -0.3 is 10.2 Å². The Morgan fingerprint density at radius 1 is 1.38 bits per heavy atom. The van der Waals surface area contributed by atoms with Crippen molar-refractivity contribution in [3.05, 3.63) is 0 Å². The molecule has 0 amide bonds. The van der Waals surface area contributed by atoms with Crippen LogP contribution in [0.5, 0.6) is 0 Å². The van der Waals surface area contributed by atoms with Crippen molar-refractivity contribution in [2.24, 2.45) is 5.92 Å². The van der Waals surface area contributed by atoms with Gasteiger partial charge in [-0.2, -0.15) is 0 Å². The number of carboxylic acid groups (broad SMARTS) is 1. The Hall–Kier alpha value is -0.570. The van der Waals surface area contributed by atoms with Crippen molar-refractivity contribution in [1.82, 2.24) is 0 Å². The van der Waals surface area contributed by atoms with Crippen molar-refractivity contribution in [1.29, 1.82) is 0 Å². The number of carboxylic acids is 1. The minimum atomic E-state index is -0.932. The number of aliphatic carboxylic acids is 1. The molecule has 0 aromatic heterocycles. The molecule has 2 N–H and O–H groups in total. The SMILES string of the molecule is CCC(C(=O)O)C1(O)CCCCC1. The third-order valence-electron chi connectivity index (χ3n) is 3.07. The van der Waals surface area contributed by atoms with Gasteiger partial charge in [-0.15, -0.1) is 0 Å². The monoisotopic (exact) mass is 186 g/mol. The van der Waals surface area contributed by atoms with Gasteiger partial charge in [0, 0.05) is 0 Å². The molecule has 0 spiro atoms. The quantitative estimate of drug-likeness (QED) is 0.706. The summed E-state index contributed by atoms with van der Waals surface area (Å²) in [5, 5.41) is 19.1. The smallest absolute Gasteiger partial charge is 0.309 e. The molecule has 0 aromatic rings. The van der Waals surface area contributed by atoms with Gasteiger partial charge in [0.05, 0.1) is 11.5 Å². The van der Waals surface area contributed by atoms with Crippen molar-refractivity contribution < 1.29 is 15.0 Å². The third-order valence-corrected chi connectivity index (χ3v) is 3.07. The summed E-state index contributed by atoms with van der Waals surface area (Å²) in [7, 11) is 0. The maximum Gasteiger partial charge on any atom is 0.309 e. The van der Waals surface area contributed by atoms with Gasteiger partial charge in [0.15, 0.2) is 0 Å². The minimum absolute atomic E-state index is 0.520. The zero-order valence-corrected chi connectivity index (χ0v) is 8.12. The van der Waals surface area contributed by atoms with Gasteiger partial charge in [0.1, 0.15) is 0 Å². The first-order chi connectivity index (χ1) is 6.10. The first-order valence-electron chi connectivity index (χ1n) is 5.05. The molecular formula is C10H18O3. The van der Waals surface area contributed by atoms with Crippen LogP contribution in [0, 0.1) is 5.92 Å². The Morgan fingerprint density at radius 2 is 1.92 bits per heavy atom. The van der Waals surface area contributed by atoms with Crippen molar-refractivity contribution >= 4 is 5.97 Å². The lowest BCUT2D eigenvalue weighted by atomic mass is 9.74. The molecular weight excluding hydrogens is 168 g/mol. The molecule has 1 saturated carbocycles. The molecule has 0 bridgehead atoms. The highest BCUT2D eigenvalue weighted by Gasteiger charge is 2.40. The van der Waals surface area contributed by atoms with E-state index in [0.29, 0.717) is 19.3 Å². The van der Waals surface area contributed by atoms with E-state index in [1.54, 1.807) is 0 Å². The van der Waals surface area contributed by atoms with Gasteiger partial charge in [0.2, 0.25) is 0 Å². The number of carbonyl (C=O) groups is 1. The van der Waals surface area contributed by atoms with Crippen molar-refractivity contribution in [2.75, 3.05) is 0 Å². The molecule has 76 valence electrons. The summed E-state index contributed by atoms with van der Waals surface area (Å²) in [6, 6.07) is 0. The summed E-state index contributed by atoms with van der Waals surface area (Å²) in [6.45, 7) is 1.82. The van der Waals surface area contributed by atoms with Crippen LogP contribution in [0.1, 0.15) is 45.4 Å². The molecule has 3 heteroatoms. The second-order valence-corrected chi connectivity index (χ2v) is 3.96. The lowest BCUT2D eigenvalue weighted by Crippen LogP contribution is -2.43. The summed E-state index contributed by atoms with van der Waals surface area (Å²) in [5.74, 6) is -1.43. The van der Waals surface area contributed by atoms with Crippen LogP contribution < -0.4 is 0 Å². The average molecular weight is 186 g/mol. The first-order valence-corrected chi connectivity index (χ1v) is 5.05. The van der Waals surface area contributed by atoms with Crippen molar-refractivity contribution in [2.45, 2.75) is 51.0 Å². The van der Waals surface area contributed by atoms with E-state index in [1.165, 1.54) is 0 Å². The molecule has 0 aliphatic heterocycles. The van der Waals surface area contributed by atoms with Gasteiger partial charge in [-0.3, -0.25) is 4.79 Å². The summed E-state index contributed by atoms with van der Waals surface area (Å²) in [6.07, 6.45) is 4.86. The Morgan fingerprint density at radius 3 is 2.31 bits per heavy atom. The number of hydrogen-bond acceptors (Lipinski definition) is 2. The molecule has 0 saturated heterocycles. The molecule has 13 heavy (non-hydrogen) atoms. The van der Waals surface area contributed by atoms with Crippen LogP contribution in [0.15, 0.2) is 0 Å². The van der Waals surface area contributed by atoms with Crippen molar-refractivity contribution in [3.8, 4) is 0 Å². The minimum Gasteiger partial charge on any atom is -0.481 e. The van der Waals surface area contributed by atoms with Gasteiger partial charge in [-0.05, 0) is 19.3 Å². The van der Waals surface area contributed by atoms with Crippen LogP contribution in [0.25, 0.3) is 0 Å². The Bertz CT molecular complexity index is 183. The van der Waals surface area contributed by atoms with E-state index in [1.807, 2.05) is 6.92 Å². The van der Waals surface area contributed by atoms with E-state index in [-0.39, 0.29) is 0 Å². The predicted octanol–water partition coefficient (Wildman–Crippen LogP) is 1.79. The van der Waals surface area contributed by atoms with Crippen LogP contribution >= 0.6 is 0 Å². The van der Waals surface area contributed by atoms with Crippen LogP contribution in [0.3, 0.4) is 0 Å². The highest BCUT2D eigenvalue weighted by Crippen LogP contribution is 2.35. The van der Waals surface area contributed by atoms with E-state index >= 15 is 0 Å². The highest BCUT2D eigenvalue weighted by atomic mass is 16.4. The molecule has 1 unspecified atom stereocenters. The fraction of sp³-hybridized carbons (Fsp3) is 0.900. The molecule has 0 heterocycles. The first kappa shape index (κ1) is 10.5. The summed E-state index contributed by atoms with van der Waals surface area (Å²) >= 11 is 0. The second kappa shape index (κ2) is 4.09. The molecule has 0 aromatic carbocycles. The van der Waals surface area contributed by atoms with Gasteiger partial charge in [-0.25, -0.2) is 0 Å². The molecule has 1 rings (SSSR count). The molecule has 1 atom stereocenters. The standard InChI is InChI=1S/C10H18O3/c1-2-8(9(11)12)10(13)6-4-3-5-7-10/h8,13H,2-7H2,1H3,(H,11,12). The molecule has 1 aliphatic rings. The summed E-state index contributed by atoms with van der Waals surface area (Å²) in [4.78, 5) is 10.9.